The number of nitrogens with zero attached hydrogens (tertiary/aromatic N) is 1. The van der Waals surface area contributed by atoms with Gasteiger partial charge in [0.2, 0.25) is 5.91 Å². The lowest BCUT2D eigenvalue weighted by molar-refractivity contribution is -0.121. The molecule has 1 heterocycles. The Labute approximate surface area is 176 Å². The molecule has 6 nitrogen and oxygen atoms in total. The second-order valence-corrected chi connectivity index (χ2v) is 7.52. The van der Waals surface area contributed by atoms with Crippen LogP contribution < -0.4 is 15.4 Å². The number of halogens is 1. The zero-order chi connectivity index (χ0) is 21.3. The van der Waals surface area contributed by atoms with Crippen LogP contribution in [-0.4, -0.2) is 37.0 Å². The second kappa shape index (κ2) is 10.6. The van der Waals surface area contributed by atoms with E-state index in [0.29, 0.717) is 31.7 Å². The van der Waals surface area contributed by atoms with Crippen LogP contribution in [-0.2, 0) is 11.3 Å². The predicted octanol–water partition coefficient (Wildman–Crippen LogP) is 4.17. The highest BCUT2D eigenvalue weighted by Gasteiger charge is 2.24. The van der Waals surface area contributed by atoms with Crippen molar-refractivity contribution in [1.29, 1.82) is 0 Å². The van der Waals surface area contributed by atoms with Gasteiger partial charge < -0.3 is 20.3 Å². The first-order valence-corrected chi connectivity index (χ1v) is 10.2. The lowest BCUT2D eigenvalue weighted by atomic mass is 9.93. The van der Waals surface area contributed by atoms with Crippen molar-refractivity contribution in [1.82, 2.24) is 10.2 Å². The Kier molecular flexibility index (Phi) is 7.65. The van der Waals surface area contributed by atoms with Gasteiger partial charge in [-0.1, -0.05) is 18.2 Å². The Bertz CT molecular complexity index is 857. The van der Waals surface area contributed by atoms with Crippen LogP contribution in [0, 0.1) is 11.7 Å². The van der Waals surface area contributed by atoms with Crippen molar-refractivity contribution in [3.05, 3.63) is 59.9 Å². The average Bonchev–Trinajstić information content (AvgIpc) is 2.78. The molecule has 160 valence electrons. The third kappa shape index (κ3) is 6.20. The van der Waals surface area contributed by atoms with Crippen molar-refractivity contribution in [3.8, 4) is 5.75 Å². The molecule has 0 aliphatic carbocycles. The summed E-state index contributed by atoms with van der Waals surface area (Å²) in [7, 11) is 1.61. The van der Waals surface area contributed by atoms with Crippen molar-refractivity contribution >= 4 is 17.6 Å². The highest BCUT2D eigenvalue weighted by Crippen LogP contribution is 2.22. The largest absolute Gasteiger partial charge is 0.496 e. The molecule has 0 radical (unpaired) electrons. The van der Waals surface area contributed by atoms with Crippen molar-refractivity contribution in [2.45, 2.75) is 32.2 Å². The molecule has 1 fully saturated rings. The first-order chi connectivity index (χ1) is 14.5. The van der Waals surface area contributed by atoms with E-state index in [9.17, 15) is 14.0 Å². The van der Waals surface area contributed by atoms with Gasteiger partial charge in [-0.25, -0.2) is 9.18 Å². The first kappa shape index (κ1) is 21.6. The van der Waals surface area contributed by atoms with E-state index in [2.05, 4.69) is 10.6 Å². The van der Waals surface area contributed by atoms with Crippen molar-refractivity contribution in [2.75, 3.05) is 25.5 Å². The smallest absolute Gasteiger partial charge is 0.321 e. The first-order valence-electron chi connectivity index (χ1n) is 10.2. The molecule has 30 heavy (non-hydrogen) atoms. The number of piperidine rings is 1. The minimum absolute atomic E-state index is 0.00575. The number of ether oxygens (including phenoxy) is 1. The molecular formula is C23H28FN3O3. The Morgan fingerprint density at radius 1 is 1.17 bits per heavy atom. The number of carbonyl (C=O) groups is 2. The van der Waals surface area contributed by atoms with Gasteiger partial charge in [-0.15, -0.1) is 0 Å². The minimum atomic E-state index is -0.338. The average molecular weight is 413 g/mol. The summed E-state index contributed by atoms with van der Waals surface area (Å²) in [6, 6.07) is 13.1. The molecule has 2 aromatic carbocycles. The van der Waals surface area contributed by atoms with Crippen LogP contribution in [0.4, 0.5) is 14.9 Å². The topological polar surface area (TPSA) is 70.7 Å². The van der Waals surface area contributed by atoms with Crippen molar-refractivity contribution in [3.63, 3.8) is 0 Å². The summed E-state index contributed by atoms with van der Waals surface area (Å²) in [4.78, 5) is 26.5. The Morgan fingerprint density at radius 2 is 1.93 bits per heavy atom. The van der Waals surface area contributed by atoms with Crippen LogP contribution in [0.15, 0.2) is 48.5 Å². The van der Waals surface area contributed by atoms with Gasteiger partial charge in [0, 0.05) is 37.3 Å². The van der Waals surface area contributed by atoms with E-state index in [0.717, 1.165) is 30.6 Å². The molecular weight excluding hydrogens is 385 g/mol. The molecule has 0 saturated carbocycles. The van der Waals surface area contributed by atoms with Crippen LogP contribution in [0.5, 0.6) is 5.75 Å². The van der Waals surface area contributed by atoms with Gasteiger partial charge in [-0.3, -0.25) is 4.79 Å². The highest BCUT2D eigenvalue weighted by molar-refractivity contribution is 5.89. The number of urea groups is 1. The molecule has 1 aliphatic rings. The van der Waals surface area contributed by atoms with Crippen LogP contribution >= 0.6 is 0 Å². The van der Waals surface area contributed by atoms with Crippen molar-refractivity contribution in [2.24, 2.45) is 5.92 Å². The fourth-order valence-corrected chi connectivity index (χ4v) is 3.69. The van der Waals surface area contributed by atoms with Gasteiger partial charge in [-0.2, -0.15) is 0 Å². The molecule has 0 aromatic heterocycles. The van der Waals surface area contributed by atoms with Gasteiger partial charge in [0.05, 0.1) is 7.11 Å². The SMILES string of the molecule is COc1ccccc1CNC(=O)CC[C@@H]1CCCN(C(=O)Nc2ccc(F)cc2)C1. The zero-order valence-electron chi connectivity index (χ0n) is 17.2. The Morgan fingerprint density at radius 3 is 2.70 bits per heavy atom. The lowest BCUT2D eigenvalue weighted by Crippen LogP contribution is -2.42. The molecule has 1 atom stereocenters. The monoisotopic (exact) mass is 413 g/mol. The number of methoxy groups -OCH3 is 1. The fraction of sp³-hybridized carbons (Fsp3) is 0.391. The third-order valence-electron chi connectivity index (χ3n) is 5.35. The van der Waals surface area contributed by atoms with Crippen LogP contribution in [0.25, 0.3) is 0 Å². The molecule has 0 bridgehead atoms. The molecule has 1 saturated heterocycles. The number of likely N-dealkylation sites (tertiary alicyclic amines) is 1. The number of carbonyl (C=O) groups excluding carboxylic acids is 2. The maximum Gasteiger partial charge on any atom is 0.321 e. The maximum absolute atomic E-state index is 13.0. The van der Waals surface area contributed by atoms with Gasteiger partial charge in [0.15, 0.2) is 0 Å². The van der Waals surface area contributed by atoms with E-state index < -0.39 is 0 Å². The summed E-state index contributed by atoms with van der Waals surface area (Å²) in [5.41, 5.74) is 1.51. The van der Waals surface area contributed by atoms with E-state index in [1.807, 2.05) is 24.3 Å². The molecule has 0 unspecified atom stereocenters. The van der Waals surface area contributed by atoms with Gasteiger partial charge in [-0.05, 0) is 55.5 Å². The van der Waals surface area contributed by atoms with E-state index in [4.69, 9.17) is 4.74 Å². The number of para-hydroxylation sites is 1. The molecule has 3 rings (SSSR count). The Hall–Kier alpha value is -3.09. The number of nitrogens with one attached hydrogen (secondary N) is 2. The predicted molar refractivity (Wildman–Crippen MR) is 114 cm³/mol. The third-order valence-corrected chi connectivity index (χ3v) is 5.35. The standard InChI is InChI=1S/C23H28FN3O3/c1-30-21-7-3-2-6-18(21)15-25-22(28)13-8-17-5-4-14-27(16-17)23(29)26-20-11-9-19(24)10-12-20/h2-3,6-7,9-12,17H,4-5,8,13-16H2,1H3,(H,25,28)(H,26,29)/t17-/m0/s1. The zero-order valence-corrected chi connectivity index (χ0v) is 17.2. The minimum Gasteiger partial charge on any atom is -0.496 e. The van der Waals surface area contributed by atoms with Gasteiger partial charge in [0.25, 0.3) is 0 Å². The van der Waals surface area contributed by atoms with Crippen molar-refractivity contribution < 1.29 is 18.7 Å². The number of rotatable bonds is 7. The molecule has 3 amide bonds. The summed E-state index contributed by atoms with van der Waals surface area (Å²) in [6.45, 7) is 1.73. The van der Waals surface area contributed by atoms with E-state index in [-0.39, 0.29) is 23.7 Å². The maximum atomic E-state index is 13.0. The Balaban J connectivity index is 1.42. The summed E-state index contributed by atoms with van der Waals surface area (Å²) in [5.74, 6) is 0.700. The number of hydrogen-bond donors (Lipinski definition) is 2. The number of amides is 3. The molecule has 2 aromatic rings. The highest BCUT2D eigenvalue weighted by atomic mass is 19.1. The normalized spacial score (nSPS) is 16.1. The number of benzene rings is 2. The summed E-state index contributed by atoms with van der Waals surface area (Å²) < 4.78 is 18.3. The molecule has 1 aliphatic heterocycles. The van der Waals surface area contributed by atoms with E-state index in [1.165, 1.54) is 12.1 Å². The quantitative estimate of drug-likeness (QED) is 0.716. The second-order valence-electron chi connectivity index (χ2n) is 7.52. The van der Waals surface area contributed by atoms with Crippen LogP contribution in [0.3, 0.4) is 0 Å². The fourth-order valence-electron chi connectivity index (χ4n) is 3.69. The molecule has 7 heteroatoms. The molecule has 0 spiro atoms. The number of hydrogen-bond acceptors (Lipinski definition) is 3. The van der Waals surface area contributed by atoms with E-state index in [1.54, 1.807) is 24.1 Å². The van der Waals surface area contributed by atoms with Crippen LogP contribution in [0.1, 0.15) is 31.2 Å². The molecule has 2 N–H and O–H groups in total. The number of anilines is 1. The lowest BCUT2D eigenvalue weighted by Gasteiger charge is -2.32. The van der Waals surface area contributed by atoms with Crippen LogP contribution in [0.2, 0.25) is 0 Å². The summed E-state index contributed by atoms with van der Waals surface area (Å²) in [5, 5.41) is 5.74. The summed E-state index contributed by atoms with van der Waals surface area (Å²) >= 11 is 0. The van der Waals surface area contributed by atoms with Gasteiger partial charge in [0.1, 0.15) is 11.6 Å². The van der Waals surface area contributed by atoms with E-state index >= 15 is 0 Å². The van der Waals surface area contributed by atoms with Gasteiger partial charge >= 0.3 is 6.03 Å². The summed E-state index contributed by atoms with van der Waals surface area (Å²) in [6.07, 6.45) is 3.07.